The molecule has 1 aliphatic heterocycles. The van der Waals surface area contributed by atoms with Crippen LogP contribution in [-0.2, 0) is 4.74 Å². The monoisotopic (exact) mass is 216 g/mol. The highest BCUT2D eigenvalue weighted by atomic mass is 16.5. The smallest absolute Gasteiger partial charge is 0.319 e. The topological polar surface area (TPSA) is 32.8 Å². The summed E-state index contributed by atoms with van der Waals surface area (Å²) in [6.45, 7) is 9.37. The highest BCUT2D eigenvalue weighted by Crippen LogP contribution is 2.11. The molecule has 2 amide bonds. The molecule has 0 radical (unpaired) electrons. The molecule has 0 aromatic rings. The van der Waals surface area contributed by atoms with Gasteiger partial charge in [0.1, 0.15) is 0 Å². The highest BCUT2D eigenvalue weighted by molar-refractivity contribution is 5.73. The van der Waals surface area contributed by atoms with Crippen molar-refractivity contribution in [1.82, 2.24) is 9.80 Å². The number of ether oxygens (including phenoxy) is 1. The first kappa shape index (κ1) is 14.2. The number of hydrogen-bond donors (Lipinski definition) is 0. The molecular formula is C11H24N2O2. The molecular weight excluding hydrogens is 192 g/mol. The van der Waals surface area contributed by atoms with E-state index < -0.39 is 0 Å². The van der Waals surface area contributed by atoms with Gasteiger partial charge in [0.15, 0.2) is 0 Å². The predicted molar refractivity (Wildman–Crippen MR) is 62.0 cm³/mol. The molecule has 0 saturated carbocycles. The summed E-state index contributed by atoms with van der Waals surface area (Å²) < 4.78 is 5.53. The highest BCUT2D eigenvalue weighted by Gasteiger charge is 2.26. The van der Waals surface area contributed by atoms with E-state index in [4.69, 9.17) is 4.74 Å². The van der Waals surface area contributed by atoms with Crippen molar-refractivity contribution < 1.29 is 9.53 Å². The molecule has 2 unspecified atom stereocenters. The van der Waals surface area contributed by atoms with E-state index in [-0.39, 0.29) is 18.2 Å². The Morgan fingerprint density at radius 3 is 1.93 bits per heavy atom. The van der Waals surface area contributed by atoms with Crippen LogP contribution < -0.4 is 0 Å². The van der Waals surface area contributed by atoms with E-state index in [2.05, 4.69) is 0 Å². The Bertz CT molecular complexity index is 185. The molecule has 0 N–H and O–H groups in total. The second kappa shape index (κ2) is 6.67. The number of amides is 2. The maximum atomic E-state index is 11.6. The van der Waals surface area contributed by atoms with Crippen molar-refractivity contribution in [3.63, 3.8) is 0 Å². The van der Waals surface area contributed by atoms with E-state index in [0.29, 0.717) is 13.1 Å². The molecule has 1 aliphatic rings. The van der Waals surface area contributed by atoms with Crippen molar-refractivity contribution in [1.29, 1.82) is 0 Å². The van der Waals surface area contributed by atoms with Gasteiger partial charge in [-0.2, -0.15) is 0 Å². The Labute approximate surface area is 93.2 Å². The third-order valence-electron chi connectivity index (χ3n) is 2.07. The third-order valence-corrected chi connectivity index (χ3v) is 2.07. The van der Waals surface area contributed by atoms with Gasteiger partial charge in [0.05, 0.1) is 12.2 Å². The predicted octanol–water partition coefficient (Wildman–Crippen LogP) is 1.80. The number of rotatable bonds is 0. The van der Waals surface area contributed by atoms with Crippen LogP contribution in [-0.4, -0.2) is 55.2 Å². The third kappa shape index (κ3) is 4.51. The van der Waals surface area contributed by atoms with Crippen molar-refractivity contribution in [3.8, 4) is 0 Å². The van der Waals surface area contributed by atoms with Gasteiger partial charge in [-0.25, -0.2) is 4.79 Å². The minimum Gasteiger partial charge on any atom is -0.372 e. The Balaban J connectivity index is 0.000000921. The van der Waals surface area contributed by atoms with E-state index >= 15 is 0 Å². The van der Waals surface area contributed by atoms with Crippen molar-refractivity contribution in [2.75, 3.05) is 27.2 Å². The fourth-order valence-electron chi connectivity index (χ4n) is 1.62. The number of carbonyl (C=O) groups is 1. The summed E-state index contributed by atoms with van der Waals surface area (Å²) in [6, 6.07) is 0.0713. The zero-order valence-electron chi connectivity index (χ0n) is 10.8. The van der Waals surface area contributed by atoms with Crippen molar-refractivity contribution in [2.24, 2.45) is 0 Å². The first-order valence-corrected chi connectivity index (χ1v) is 5.62. The summed E-state index contributed by atoms with van der Waals surface area (Å²) in [5, 5.41) is 0. The Hall–Kier alpha value is -0.770. The summed E-state index contributed by atoms with van der Waals surface area (Å²) in [4.78, 5) is 15.0. The molecule has 2 atom stereocenters. The number of nitrogens with zero attached hydrogens (tertiary/aromatic N) is 2. The van der Waals surface area contributed by atoms with Gasteiger partial charge in [-0.1, -0.05) is 13.8 Å². The molecule has 4 heteroatoms. The first-order valence-electron chi connectivity index (χ1n) is 5.62. The standard InChI is InChI=1S/C9H18N2O2.C2H6/c1-7-5-11(6-8(2)13-7)9(12)10(3)4;1-2/h7-8H,5-6H2,1-4H3;1-2H3. The quantitative estimate of drug-likeness (QED) is 0.618. The summed E-state index contributed by atoms with van der Waals surface area (Å²) in [6.07, 6.45) is 0.292. The van der Waals surface area contributed by atoms with Crippen LogP contribution in [0, 0.1) is 0 Å². The van der Waals surface area contributed by atoms with Crippen LogP contribution in [0.4, 0.5) is 4.79 Å². The van der Waals surface area contributed by atoms with Crippen molar-refractivity contribution >= 4 is 6.03 Å². The van der Waals surface area contributed by atoms with Crippen molar-refractivity contribution in [3.05, 3.63) is 0 Å². The van der Waals surface area contributed by atoms with Gasteiger partial charge in [-0.3, -0.25) is 0 Å². The second-order valence-corrected chi connectivity index (χ2v) is 3.84. The molecule has 0 aliphatic carbocycles. The molecule has 1 saturated heterocycles. The van der Waals surface area contributed by atoms with Crippen LogP contribution in [0.2, 0.25) is 0 Å². The lowest BCUT2D eigenvalue weighted by Crippen LogP contribution is -2.51. The van der Waals surface area contributed by atoms with Gasteiger partial charge in [-0.05, 0) is 13.8 Å². The second-order valence-electron chi connectivity index (χ2n) is 3.84. The summed E-state index contributed by atoms with van der Waals surface area (Å²) >= 11 is 0. The van der Waals surface area contributed by atoms with Crippen LogP contribution in [0.25, 0.3) is 0 Å². The summed E-state index contributed by atoms with van der Waals surface area (Å²) in [5.41, 5.74) is 0. The number of carbonyl (C=O) groups excluding carboxylic acids is 1. The summed E-state index contributed by atoms with van der Waals surface area (Å²) in [5.74, 6) is 0. The molecule has 1 rings (SSSR count). The molecule has 4 nitrogen and oxygen atoms in total. The first-order chi connectivity index (χ1) is 7.00. The van der Waals surface area contributed by atoms with Gasteiger partial charge in [0.25, 0.3) is 0 Å². The van der Waals surface area contributed by atoms with E-state index in [0.717, 1.165) is 0 Å². The van der Waals surface area contributed by atoms with Crippen LogP contribution >= 0.6 is 0 Å². The van der Waals surface area contributed by atoms with E-state index in [1.807, 2.05) is 32.6 Å². The molecule has 0 aromatic heterocycles. The van der Waals surface area contributed by atoms with Crippen LogP contribution in [0.3, 0.4) is 0 Å². The fraction of sp³-hybridized carbons (Fsp3) is 0.909. The molecule has 0 bridgehead atoms. The molecule has 0 spiro atoms. The minimum absolute atomic E-state index is 0.0713. The van der Waals surface area contributed by atoms with Crippen LogP contribution in [0.1, 0.15) is 27.7 Å². The lowest BCUT2D eigenvalue weighted by molar-refractivity contribution is -0.0570. The molecule has 15 heavy (non-hydrogen) atoms. The number of morpholine rings is 1. The van der Waals surface area contributed by atoms with Crippen LogP contribution in [0.5, 0.6) is 0 Å². The lowest BCUT2D eigenvalue weighted by Gasteiger charge is -2.36. The molecule has 0 aromatic carbocycles. The zero-order chi connectivity index (χ0) is 12.0. The Morgan fingerprint density at radius 1 is 1.20 bits per heavy atom. The normalized spacial score (nSPS) is 25.3. The summed E-state index contributed by atoms with van der Waals surface area (Å²) in [7, 11) is 3.54. The largest absolute Gasteiger partial charge is 0.372 e. The van der Waals surface area contributed by atoms with E-state index in [1.54, 1.807) is 19.0 Å². The van der Waals surface area contributed by atoms with E-state index in [9.17, 15) is 4.79 Å². The van der Waals surface area contributed by atoms with E-state index in [1.165, 1.54) is 0 Å². The molecule has 90 valence electrons. The van der Waals surface area contributed by atoms with Gasteiger partial charge in [0, 0.05) is 27.2 Å². The molecule has 1 fully saturated rings. The fourth-order valence-corrected chi connectivity index (χ4v) is 1.62. The van der Waals surface area contributed by atoms with Gasteiger partial charge in [0.2, 0.25) is 0 Å². The molecule has 1 heterocycles. The maximum absolute atomic E-state index is 11.6. The lowest BCUT2D eigenvalue weighted by atomic mass is 10.2. The minimum atomic E-state index is 0.0713. The van der Waals surface area contributed by atoms with Gasteiger partial charge < -0.3 is 14.5 Å². The maximum Gasteiger partial charge on any atom is 0.319 e. The number of urea groups is 1. The van der Waals surface area contributed by atoms with Crippen molar-refractivity contribution in [2.45, 2.75) is 39.9 Å². The SMILES string of the molecule is CC.CC1CN(C(=O)N(C)C)CC(C)O1. The average molecular weight is 216 g/mol. The zero-order valence-corrected chi connectivity index (χ0v) is 10.8. The number of hydrogen-bond acceptors (Lipinski definition) is 2. The average Bonchev–Trinajstić information content (AvgIpc) is 2.18. The Morgan fingerprint density at radius 2 is 1.60 bits per heavy atom. The van der Waals surface area contributed by atoms with Gasteiger partial charge in [-0.15, -0.1) is 0 Å². The van der Waals surface area contributed by atoms with Gasteiger partial charge >= 0.3 is 6.03 Å². The van der Waals surface area contributed by atoms with Crippen LogP contribution in [0.15, 0.2) is 0 Å². The Kier molecular flexibility index (Phi) is 6.32.